The fraction of sp³-hybridized carbons (Fsp3) is 0.588. The van der Waals surface area contributed by atoms with Crippen molar-refractivity contribution in [2.45, 2.75) is 33.1 Å². The van der Waals surface area contributed by atoms with Crippen LogP contribution in [0.1, 0.15) is 30.4 Å². The first kappa shape index (κ1) is 15.8. The lowest BCUT2D eigenvalue weighted by atomic mass is 9.96. The van der Waals surface area contributed by atoms with Gasteiger partial charge in [0.05, 0.1) is 0 Å². The summed E-state index contributed by atoms with van der Waals surface area (Å²) in [6.45, 7) is 7.08. The van der Waals surface area contributed by atoms with Crippen LogP contribution in [-0.2, 0) is 4.79 Å². The highest BCUT2D eigenvalue weighted by Gasteiger charge is 2.13. The number of aryl methyl sites for hydroxylation is 2. The van der Waals surface area contributed by atoms with Crippen molar-refractivity contribution in [2.24, 2.45) is 5.92 Å². The molecule has 1 fully saturated rings. The number of amides is 1. The molecular weight excluding hydrogens is 264 g/mol. The van der Waals surface area contributed by atoms with Crippen LogP contribution < -0.4 is 15.4 Å². The molecule has 0 bridgehead atoms. The first-order valence-electron chi connectivity index (χ1n) is 7.82. The van der Waals surface area contributed by atoms with Crippen LogP contribution in [0.2, 0.25) is 0 Å². The van der Waals surface area contributed by atoms with Crippen molar-refractivity contribution in [1.82, 2.24) is 10.6 Å². The standard InChI is InChI=1S/C17H26N2O2/c1-13-5-6-16(14(2)10-13)21-12-17(20)19-9-7-15-4-3-8-18-11-15/h5-6,10,15,18H,3-4,7-9,11-12H2,1-2H3,(H,19,20). The molecule has 1 atom stereocenters. The Bertz CT molecular complexity index is 468. The van der Waals surface area contributed by atoms with Gasteiger partial charge in [0.25, 0.3) is 5.91 Å². The Hall–Kier alpha value is -1.55. The maximum atomic E-state index is 11.8. The third-order valence-corrected chi connectivity index (χ3v) is 3.96. The van der Waals surface area contributed by atoms with Crippen molar-refractivity contribution in [1.29, 1.82) is 0 Å². The lowest BCUT2D eigenvalue weighted by Gasteiger charge is -2.22. The van der Waals surface area contributed by atoms with E-state index in [0.717, 1.165) is 37.4 Å². The van der Waals surface area contributed by atoms with Crippen molar-refractivity contribution >= 4 is 5.91 Å². The average Bonchev–Trinajstić information content (AvgIpc) is 2.47. The maximum Gasteiger partial charge on any atom is 0.257 e. The predicted molar refractivity (Wildman–Crippen MR) is 84.6 cm³/mol. The average molecular weight is 290 g/mol. The predicted octanol–water partition coefficient (Wildman–Crippen LogP) is 2.19. The van der Waals surface area contributed by atoms with Crippen LogP contribution in [0.25, 0.3) is 0 Å². The fourth-order valence-corrected chi connectivity index (χ4v) is 2.74. The minimum absolute atomic E-state index is 0.0428. The molecule has 4 nitrogen and oxygen atoms in total. The third-order valence-electron chi connectivity index (χ3n) is 3.96. The number of piperidine rings is 1. The molecule has 1 unspecified atom stereocenters. The van der Waals surface area contributed by atoms with Gasteiger partial charge in [-0.2, -0.15) is 0 Å². The van der Waals surface area contributed by atoms with Gasteiger partial charge >= 0.3 is 0 Å². The summed E-state index contributed by atoms with van der Waals surface area (Å²) in [6, 6.07) is 5.98. The van der Waals surface area contributed by atoms with Gasteiger partial charge in [-0.1, -0.05) is 17.7 Å². The molecule has 2 rings (SSSR count). The summed E-state index contributed by atoms with van der Waals surface area (Å²) in [7, 11) is 0. The molecule has 2 N–H and O–H groups in total. The molecule has 1 saturated heterocycles. The Morgan fingerprint density at radius 1 is 1.43 bits per heavy atom. The van der Waals surface area contributed by atoms with E-state index in [4.69, 9.17) is 4.74 Å². The molecule has 21 heavy (non-hydrogen) atoms. The van der Waals surface area contributed by atoms with Crippen molar-refractivity contribution < 1.29 is 9.53 Å². The Morgan fingerprint density at radius 3 is 3.00 bits per heavy atom. The van der Waals surface area contributed by atoms with Gasteiger partial charge in [-0.05, 0) is 63.7 Å². The molecule has 1 aliphatic heterocycles. The Balaban J connectivity index is 1.65. The van der Waals surface area contributed by atoms with Crippen LogP contribution in [0, 0.1) is 19.8 Å². The number of nitrogens with one attached hydrogen (secondary N) is 2. The van der Waals surface area contributed by atoms with Gasteiger partial charge in [0.1, 0.15) is 5.75 Å². The minimum atomic E-state index is -0.0428. The lowest BCUT2D eigenvalue weighted by molar-refractivity contribution is -0.123. The maximum absolute atomic E-state index is 11.8. The van der Waals surface area contributed by atoms with E-state index < -0.39 is 0 Å². The normalized spacial score (nSPS) is 18.3. The summed E-state index contributed by atoms with van der Waals surface area (Å²) in [5, 5.41) is 6.33. The molecule has 1 aliphatic rings. The van der Waals surface area contributed by atoms with E-state index in [-0.39, 0.29) is 12.5 Å². The summed E-state index contributed by atoms with van der Waals surface area (Å²) in [6.07, 6.45) is 3.55. The molecule has 1 aromatic rings. The number of hydrogen-bond acceptors (Lipinski definition) is 3. The number of rotatable bonds is 6. The third kappa shape index (κ3) is 5.38. The second-order valence-electron chi connectivity index (χ2n) is 5.91. The SMILES string of the molecule is Cc1ccc(OCC(=O)NCCC2CCCNC2)c(C)c1. The van der Waals surface area contributed by atoms with Crippen molar-refractivity contribution in [3.63, 3.8) is 0 Å². The number of hydrogen-bond donors (Lipinski definition) is 2. The van der Waals surface area contributed by atoms with Gasteiger partial charge in [0, 0.05) is 6.54 Å². The first-order chi connectivity index (χ1) is 10.1. The Kier molecular flexibility index (Phi) is 6.05. The van der Waals surface area contributed by atoms with Gasteiger partial charge < -0.3 is 15.4 Å². The number of benzene rings is 1. The topological polar surface area (TPSA) is 50.4 Å². The van der Waals surface area contributed by atoms with E-state index in [1.165, 1.54) is 18.4 Å². The number of carbonyl (C=O) groups is 1. The zero-order valence-corrected chi connectivity index (χ0v) is 13.1. The van der Waals surface area contributed by atoms with Gasteiger partial charge in [0.2, 0.25) is 0 Å². The van der Waals surface area contributed by atoms with Gasteiger partial charge in [-0.15, -0.1) is 0 Å². The van der Waals surface area contributed by atoms with E-state index in [0.29, 0.717) is 5.92 Å². The number of ether oxygens (including phenoxy) is 1. The quantitative estimate of drug-likeness (QED) is 0.844. The fourth-order valence-electron chi connectivity index (χ4n) is 2.74. The second-order valence-corrected chi connectivity index (χ2v) is 5.91. The monoisotopic (exact) mass is 290 g/mol. The van der Waals surface area contributed by atoms with Crippen LogP contribution in [-0.4, -0.2) is 32.1 Å². The molecule has 0 saturated carbocycles. The summed E-state index contributed by atoms with van der Waals surface area (Å²) < 4.78 is 5.57. The molecule has 1 amide bonds. The first-order valence-corrected chi connectivity index (χ1v) is 7.82. The van der Waals surface area contributed by atoms with E-state index in [1.54, 1.807) is 0 Å². The molecule has 4 heteroatoms. The molecule has 116 valence electrons. The number of carbonyl (C=O) groups excluding carboxylic acids is 1. The minimum Gasteiger partial charge on any atom is -0.484 e. The molecule has 1 heterocycles. The summed E-state index contributed by atoms with van der Waals surface area (Å²) in [4.78, 5) is 11.8. The van der Waals surface area contributed by atoms with Crippen LogP contribution in [0.5, 0.6) is 5.75 Å². The van der Waals surface area contributed by atoms with Crippen molar-refractivity contribution in [3.05, 3.63) is 29.3 Å². The lowest BCUT2D eigenvalue weighted by Crippen LogP contribution is -2.34. The summed E-state index contributed by atoms with van der Waals surface area (Å²) in [5.41, 5.74) is 2.27. The van der Waals surface area contributed by atoms with Crippen LogP contribution in [0.3, 0.4) is 0 Å². The Labute approximate surface area is 127 Å². The summed E-state index contributed by atoms with van der Waals surface area (Å²) >= 11 is 0. The van der Waals surface area contributed by atoms with E-state index >= 15 is 0 Å². The second kappa shape index (κ2) is 8.03. The highest BCUT2D eigenvalue weighted by atomic mass is 16.5. The smallest absolute Gasteiger partial charge is 0.257 e. The van der Waals surface area contributed by atoms with Crippen LogP contribution >= 0.6 is 0 Å². The molecule has 0 spiro atoms. The van der Waals surface area contributed by atoms with E-state index in [2.05, 4.69) is 16.7 Å². The molecule has 1 aromatic carbocycles. The van der Waals surface area contributed by atoms with Gasteiger partial charge in [0.15, 0.2) is 6.61 Å². The van der Waals surface area contributed by atoms with Gasteiger partial charge in [-0.25, -0.2) is 0 Å². The molecular formula is C17H26N2O2. The van der Waals surface area contributed by atoms with Gasteiger partial charge in [-0.3, -0.25) is 4.79 Å². The zero-order chi connectivity index (χ0) is 15.1. The molecule has 0 radical (unpaired) electrons. The van der Waals surface area contributed by atoms with Crippen LogP contribution in [0.15, 0.2) is 18.2 Å². The van der Waals surface area contributed by atoms with E-state index in [1.807, 2.05) is 26.0 Å². The van der Waals surface area contributed by atoms with Crippen LogP contribution in [0.4, 0.5) is 0 Å². The highest BCUT2D eigenvalue weighted by Crippen LogP contribution is 2.18. The van der Waals surface area contributed by atoms with E-state index in [9.17, 15) is 4.79 Å². The zero-order valence-electron chi connectivity index (χ0n) is 13.1. The van der Waals surface area contributed by atoms with Crippen molar-refractivity contribution in [3.8, 4) is 5.75 Å². The Morgan fingerprint density at radius 2 is 2.29 bits per heavy atom. The largest absolute Gasteiger partial charge is 0.484 e. The highest BCUT2D eigenvalue weighted by molar-refractivity contribution is 5.77. The van der Waals surface area contributed by atoms with Crippen molar-refractivity contribution in [2.75, 3.05) is 26.2 Å². The molecule has 0 aromatic heterocycles. The summed E-state index contributed by atoms with van der Waals surface area (Å²) in [5.74, 6) is 1.44. The molecule has 0 aliphatic carbocycles.